The minimum absolute atomic E-state index is 0.137. The largest absolute Gasteiger partial charge is 0.378 e. The highest BCUT2D eigenvalue weighted by Gasteiger charge is 2.38. The molecule has 5 unspecified atom stereocenters. The van der Waals surface area contributed by atoms with Crippen molar-refractivity contribution in [3.63, 3.8) is 0 Å². The van der Waals surface area contributed by atoms with Crippen molar-refractivity contribution in [3.05, 3.63) is 0 Å². The van der Waals surface area contributed by atoms with Gasteiger partial charge in [-0.1, -0.05) is 13.3 Å². The molecule has 0 aromatic carbocycles. The van der Waals surface area contributed by atoms with Crippen molar-refractivity contribution in [2.45, 2.75) is 69.8 Å². The summed E-state index contributed by atoms with van der Waals surface area (Å²) in [5.74, 6) is 1.01. The summed E-state index contributed by atoms with van der Waals surface area (Å²) in [6.07, 6.45) is 7.81. The van der Waals surface area contributed by atoms with Gasteiger partial charge < -0.3 is 10.1 Å². The highest BCUT2D eigenvalue weighted by Crippen LogP contribution is 2.36. The van der Waals surface area contributed by atoms with Crippen molar-refractivity contribution in [3.8, 4) is 0 Å². The first-order chi connectivity index (χ1) is 9.91. The Hall–Kier alpha value is -0.130. The third-order valence-electron chi connectivity index (χ3n) is 5.15. The molecule has 0 amide bonds. The van der Waals surface area contributed by atoms with E-state index in [1.807, 2.05) is 0 Å². The minimum Gasteiger partial charge on any atom is -0.378 e. The third kappa shape index (κ3) is 4.67. The van der Waals surface area contributed by atoms with E-state index in [4.69, 9.17) is 4.74 Å². The molecular weight excluding hydrogens is 286 g/mol. The first-order valence-electron chi connectivity index (χ1n) is 8.45. The SMILES string of the molecule is CCCNC(C1COC(C)C1)C1CCCC(S(C)(=O)=O)C1. The molecule has 1 aliphatic heterocycles. The molecule has 0 aromatic heterocycles. The second-order valence-corrected chi connectivity index (χ2v) is 9.32. The predicted octanol–water partition coefficient (Wildman–Crippen LogP) is 2.38. The van der Waals surface area contributed by atoms with Crippen molar-refractivity contribution in [2.75, 3.05) is 19.4 Å². The van der Waals surface area contributed by atoms with Gasteiger partial charge in [0, 0.05) is 18.2 Å². The van der Waals surface area contributed by atoms with Gasteiger partial charge in [0.05, 0.1) is 18.0 Å². The molecule has 2 aliphatic rings. The zero-order valence-electron chi connectivity index (χ0n) is 13.7. The number of hydrogen-bond acceptors (Lipinski definition) is 4. The summed E-state index contributed by atoms with van der Waals surface area (Å²) in [7, 11) is -2.91. The molecule has 5 atom stereocenters. The monoisotopic (exact) mass is 317 g/mol. The van der Waals surface area contributed by atoms with Crippen molar-refractivity contribution in [1.29, 1.82) is 0 Å². The first-order valence-corrected chi connectivity index (χ1v) is 10.4. The van der Waals surface area contributed by atoms with Crippen LogP contribution >= 0.6 is 0 Å². The molecule has 0 aromatic rings. The number of nitrogens with one attached hydrogen (secondary N) is 1. The molecular formula is C16H31NO3S. The predicted molar refractivity (Wildman–Crippen MR) is 86.2 cm³/mol. The van der Waals surface area contributed by atoms with Gasteiger partial charge in [0.1, 0.15) is 9.84 Å². The molecule has 2 rings (SSSR count). The van der Waals surface area contributed by atoms with Crippen LogP contribution < -0.4 is 5.32 Å². The van der Waals surface area contributed by atoms with Gasteiger partial charge in [-0.15, -0.1) is 0 Å². The minimum atomic E-state index is -2.91. The molecule has 1 heterocycles. The molecule has 1 saturated heterocycles. The number of sulfone groups is 1. The van der Waals surface area contributed by atoms with Crippen LogP contribution in [0.2, 0.25) is 0 Å². The number of rotatable bonds is 6. The molecule has 21 heavy (non-hydrogen) atoms. The van der Waals surface area contributed by atoms with Gasteiger partial charge in [0.25, 0.3) is 0 Å². The summed E-state index contributed by atoms with van der Waals surface area (Å²) in [6, 6.07) is 0.416. The Morgan fingerprint density at radius 2 is 2.00 bits per heavy atom. The fraction of sp³-hybridized carbons (Fsp3) is 1.00. The average Bonchev–Trinajstić information content (AvgIpc) is 2.85. The Bertz CT molecular complexity index is 423. The van der Waals surface area contributed by atoms with Gasteiger partial charge in [-0.05, 0) is 51.5 Å². The van der Waals surface area contributed by atoms with Gasteiger partial charge >= 0.3 is 0 Å². The topological polar surface area (TPSA) is 55.4 Å². The highest BCUT2D eigenvalue weighted by molar-refractivity contribution is 7.91. The van der Waals surface area contributed by atoms with Crippen LogP contribution in [-0.2, 0) is 14.6 Å². The standard InChI is InChI=1S/C16H31NO3S/c1-4-8-17-16(14-9-12(2)20-11-14)13-6-5-7-15(10-13)21(3,18)19/h12-17H,4-11H2,1-3H3. The van der Waals surface area contributed by atoms with E-state index < -0.39 is 9.84 Å². The molecule has 0 bridgehead atoms. The quantitative estimate of drug-likeness (QED) is 0.817. The van der Waals surface area contributed by atoms with Crippen molar-refractivity contribution >= 4 is 9.84 Å². The van der Waals surface area contributed by atoms with E-state index >= 15 is 0 Å². The van der Waals surface area contributed by atoms with Gasteiger partial charge in [0.15, 0.2) is 0 Å². The van der Waals surface area contributed by atoms with E-state index in [0.717, 1.165) is 51.7 Å². The van der Waals surface area contributed by atoms with Crippen LogP contribution in [-0.4, -0.2) is 45.2 Å². The Morgan fingerprint density at radius 1 is 1.24 bits per heavy atom. The maximum absolute atomic E-state index is 11.9. The van der Waals surface area contributed by atoms with Crippen LogP contribution in [0.3, 0.4) is 0 Å². The average molecular weight is 317 g/mol. The maximum atomic E-state index is 11.9. The highest BCUT2D eigenvalue weighted by atomic mass is 32.2. The maximum Gasteiger partial charge on any atom is 0.150 e. The fourth-order valence-electron chi connectivity index (χ4n) is 4.03. The molecule has 5 heteroatoms. The summed E-state index contributed by atoms with van der Waals surface area (Å²) in [5.41, 5.74) is 0. The summed E-state index contributed by atoms with van der Waals surface area (Å²) in [4.78, 5) is 0. The van der Waals surface area contributed by atoms with E-state index in [1.165, 1.54) is 6.26 Å². The van der Waals surface area contributed by atoms with Crippen LogP contribution in [0.25, 0.3) is 0 Å². The van der Waals surface area contributed by atoms with Crippen LogP contribution in [0.5, 0.6) is 0 Å². The van der Waals surface area contributed by atoms with Gasteiger partial charge in [-0.2, -0.15) is 0 Å². The van der Waals surface area contributed by atoms with E-state index in [0.29, 0.717) is 24.0 Å². The Balaban J connectivity index is 2.05. The smallest absolute Gasteiger partial charge is 0.150 e. The van der Waals surface area contributed by atoms with Crippen molar-refractivity contribution < 1.29 is 13.2 Å². The van der Waals surface area contributed by atoms with E-state index in [2.05, 4.69) is 19.2 Å². The lowest BCUT2D eigenvalue weighted by atomic mass is 9.77. The van der Waals surface area contributed by atoms with Gasteiger partial charge in [-0.3, -0.25) is 0 Å². The number of hydrogen-bond donors (Lipinski definition) is 1. The lowest BCUT2D eigenvalue weighted by Crippen LogP contribution is -2.46. The lowest BCUT2D eigenvalue weighted by Gasteiger charge is -2.37. The summed E-state index contributed by atoms with van der Waals surface area (Å²) in [6.45, 7) is 6.15. The first kappa shape index (κ1) is 17.2. The van der Waals surface area contributed by atoms with Gasteiger partial charge in [-0.25, -0.2) is 8.42 Å². The molecule has 0 radical (unpaired) electrons. The van der Waals surface area contributed by atoms with E-state index in [9.17, 15) is 8.42 Å². The Labute approximate surface area is 129 Å². The fourth-order valence-corrected chi connectivity index (χ4v) is 5.22. The van der Waals surface area contributed by atoms with Crippen LogP contribution in [0.4, 0.5) is 0 Å². The molecule has 0 spiro atoms. The molecule has 1 saturated carbocycles. The summed E-state index contributed by atoms with van der Waals surface area (Å²) in [5, 5.41) is 3.56. The normalized spacial score (nSPS) is 35.8. The molecule has 4 nitrogen and oxygen atoms in total. The zero-order chi connectivity index (χ0) is 15.5. The summed E-state index contributed by atoms with van der Waals surface area (Å²) >= 11 is 0. The van der Waals surface area contributed by atoms with Crippen LogP contribution in [0.1, 0.15) is 52.4 Å². The molecule has 1 N–H and O–H groups in total. The van der Waals surface area contributed by atoms with E-state index in [1.54, 1.807) is 0 Å². The second-order valence-electron chi connectivity index (χ2n) is 7.00. The Morgan fingerprint density at radius 3 is 2.57 bits per heavy atom. The van der Waals surface area contributed by atoms with Crippen molar-refractivity contribution in [1.82, 2.24) is 5.32 Å². The van der Waals surface area contributed by atoms with Gasteiger partial charge in [0.2, 0.25) is 0 Å². The van der Waals surface area contributed by atoms with Crippen molar-refractivity contribution in [2.24, 2.45) is 11.8 Å². The molecule has 1 aliphatic carbocycles. The summed E-state index contributed by atoms with van der Waals surface area (Å²) < 4.78 is 29.5. The zero-order valence-corrected chi connectivity index (χ0v) is 14.5. The Kier molecular flexibility index (Phi) is 6.09. The molecule has 124 valence electrons. The van der Waals surface area contributed by atoms with Crippen LogP contribution in [0.15, 0.2) is 0 Å². The molecule has 2 fully saturated rings. The number of ether oxygens (including phenoxy) is 1. The van der Waals surface area contributed by atoms with E-state index in [-0.39, 0.29) is 5.25 Å². The third-order valence-corrected chi connectivity index (χ3v) is 6.79. The second kappa shape index (κ2) is 7.42. The van der Waals surface area contributed by atoms with Crippen LogP contribution in [0, 0.1) is 11.8 Å². The lowest BCUT2D eigenvalue weighted by molar-refractivity contribution is 0.110.